The van der Waals surface area contributed by atoms with Gasteiger partial charge in [0.2, 0.25) is 5.91 Å². The SMILES string of the molecule is CC(C)C(=O)NC(c1ccccc1Cl)c1c(OC(=O)COc2ccccc2)ccc2ccccc12. The van der Waals surface area contributed by atoms with E-state index in [0.29, 0.717) is 27.6 Å². The van der Waals surface area contributed by atoms with Crippen molar-refractivity contribution in [1.29, 1.82) is 0 Å². The summed E-state index contributed by atoms with van der Waals surface area (Å²) in [5, 5.41) is 5.39. The van der Waals surface area contributed by atoms with Gasteiger partial charge >= 0.3 is 5.97 Å². The highest BCUT2D eigenvalue weighted by molar-refractivity contribution is 6.31. The van der Waals surface area contributed by atoms with Crippen molar-refractivity contribution >= 4 is 34.2 Å². The van der Waals surface area contributed by atoms with Gasteiger partial charge in [0.05, 0.1) is 6.04 Å². The Kier molecular flexibility index (Phi) is 7.68. The van der Waals surface area contributed by atoms with Crippen LogP contribution in [0.4, 0.5) is 0 Å². The summed E-state index contributed by atoms with van der Waals surface area (Å²) in [5.74, 6) is -0.0491. The molecule has 1 N–H and O–H groups in total. The van der Waals surface area contributed by atoms with Gasteiger partial charge in [-0.05, 0) is 40.6 Å². The lowest BCUT2D eigenvalue weighted by Gasteiger charge is -2.25. The summed E-state index contributed by atoms with van der Waals surface area (Å²) >= 11 is 6.58. The molecule has 0 aliphatic carbocycles. The highest BCUT2D eigenvalue weighted by atomic mass is 35.5. The summed E-state index contributed by atoms with van der Waals surface area (Å²) in [6.45, 7) is 3.39. The lowest BCUT2D eigenvalue weighted by atomic mass is 9.92. The zero-order chi connectivity index (χ0) is 24.8. The molecule has 35 heavy (non-hydrogen) atoms. The van der Waals surface area contributed by atoms with Crippen LogP contribution in [-0.4, -0.2) is 18.5 Å². The van der Waals surface area contributed by atoms with Gasteiger partial charge in [-0.25, -0.2) is 4.79 Å². The van der Waals surface area contributed by atoms with Crippen LogP contribution < -0.4 is 14.8 Å². The van der Waals surface area contributed by atoms with Crippen LogP contribution in [0, 0.1) is 5.92 Å². The summed E-state index contributed by atoms with van der Waals surface area (Å²) in [6.07, 6.45) is 0. The van der Waals surface area contributed by atoms with Crippen molar-refractivity contribution in [1.82, 2.24) is 5.32 Å². The minimum absolute atomic E-state index is 0.146. The molecule has 1 atom stereocenters. The summed E-state index contributed by atoms with van der Waals surface area (Å²) < 4.78 is 11.4. The lowest BCUT2D eigenvalue weighted by molar-refractivity contribution is -0.136. The molecule has 178 valence electrons. The van der Waals surface area contributed by atoms with Gasteiger partial charge in [0.15, 0.2) is 6.61 Å². The van der Waals surface area contributed by atoms with Crippen molar-refractivity contribution in [3.63, 3.8) is 0 Å². The van der Waals surface area contributed by atoms with Crippen LogP contribution in [0.3, 0.4) is 0 Å². The fourth-order valence-corrected chi connectivity index (χ4v) is 4.04. The smallest absolute Gasteiger partial charge is 0.349 e. The van der Waals surface area contributed by atoms with E-state index in [4.69, 9.17) is 21.1 Å². The Morgan fingerprint density at radius 2 is 1.54 bits per heavy atom. The van der Waals surface area contributed by atoms with E-state index in [1.54, 1.807) is 24.3 Å². The Bertz CT molecular complexity index is 1340. The third-order valence-corrected chi connectivity index (χ3v) is 5.91. The van der Waals surface area contributed by atoms with E-state index < -0.39 is 12.0 Å². The zero-order valence-electron chi connectivity index (χ0n) is 19.5. The van der Waals surface area contributed by atoms with Crippen LogP contribution >= 0.6 is 11.6 Å². The maximum Gasteiger partial charge on any atom is 0.349 e. The van der Waals surface area contributed by atoms with E-state index >= 15 is 0 Å². The molecular weight excluding hydrogens is 462 g/mol. The second-order valence-electron chi connectivity index (χ2n) is 8.39. The molecule has 0 saturated carbocycles. The van der Waals surface area contributed by atoms with Crippen LogP contribution in [0.5, 0.6) is 11.5 Å². The number of ether oxygens (including phenoxy) is 2. The first-order chi connectivity index (χ1) is 16.9. The number of para-hydroxylation sites is 1. The minimum Gasteiger partial charge on any atom is -0.482 e. The van der Waals surface area contributed by atoms with E-state index in [-0.39, 0.29) is 18.4 Å². The summed E-state index contributed by atoms with van der Waals surface area (Å²) in [4.78, 5) is 25.6. The van der Waals surface area contributed by atoms with Gasteiger partial charge in [0.25, 0.3) is 0 Å². The van der Waals surface area contributed by atoms with Crippen molar-refractivity contribution < 1.29 is 19.1 Å². The van der Waals surface area contributed by atoms with Crippen LogP contribution in [0.1, 0.15) is 31.0 Å². The van der Waals surface area contributed by atoms with Gasteiger partial charge < -0.3 is 14.8 Å². The van der Waals surface area contributed by atoms with Gasteiger partial charge in [-0.3, -0.25) is 4.79 Å². The molecule has 0 fully saturated rings. The molecule has 6 heteroatoms. The largest absolute Gasteiger partial charge is 0.482 e. The fraction of sp³-hybridized carbons (Fsp3) is 0.172. The predicted octanol–water partition coefficient (Wildman–Crippen LogP) is 6.34. The number of fused-ring (bicyclic) bond motifs is 1. The van der Waals surface area contributed by atoms with E-state index in [9.17, 15) is 9.59 Å². The molecule has 0 aliphatic rings. The third kappa shape index (κ3) is 5.81. The van der Waals surface area contributed by atoms with Gasteiger partial charge in [-0.1, -0.05) is 92.2 Å². The van der Waals surface area contributed by atoms with Crippen molar-refractivity contribution in [3.8, 4) is 11.5 Å². The number of amides is 1. The predicted molar refractivity (Wildman–Crippen MR) is 138 cm³/mol. The number of carbonyl (C=O) groups is 2. The van der Waals surface area contributed by atoms with Gasteiger partial charge in [-0.2, -0.15) is 0 Å². The van der Waals surface area contributed by atoms with Gasteiger partial charge in [-0.15, -0.1) is 0 Å². The van der Waals surface area contributed by atoms with Crippen molar-refractivity contribution in [2.75, 3.05) is 6.61 Å². The van der Waals surface area contributed by atoms with Crippen molar-refractivity contribution in [3.05, 3.63) is 107 Å². The number of benzene rings is 4. The van der Waals surface area contributed by atoms with Crippen LogP contribution in [-0.2, 0) is 9.59 Å². The molecule has 0 aliphatic heterocycles. The van der Waals surface area contributed by atoms with E-state index in [2.05, 4.69) is 5.32 Å². The molecule has 4 aromatic carbocycles. The van der Waals surface area contributed by atoms with Crippen molar-refractivity contribution in [2.45, 2.75) is 19.9 Å². The average Bonchev–Trinajstić information content (AvgIpc) is 2.87. The molecular formula is C29H26ClNO4. The molecule has 4 rings (SSSR count). The quantitative estimate of drug-likeness (QED) is 0.233. The number of hydrogen-bond acceptors (Lipinski definition) is 4. The molecule has 0 bridgehead atoms. The van der Waals surface area contributed by atoms with Crippen molar-refractivity contribution in [2.24, 2.45) is 5.92 Å². The van der Waals surface area contributed by atoms with Gasteiger partial charge in [0.1, 0.15) is 11.5 Å². The maximum atomic E-state index is 12.9. The van der Waals surface area contributed by atoms with E-state index in [0.717, 1.165) is 10.8 Å². The van der Waals surface area contributed by atoms with Crippen LogP contribution in [0.2, 0.25) is 5.02 Å². The average molecular weight is 488 g/mol. The van der Waals surface area contributed by atoms with Crippen LogP contribution in [0.15, 0.2) is 91.0 Å². The second kappa shape index (κ2) is 11.1. The topological polar surface area (TPSA) is 64.6 Å². The molecule has 0 radical (unpaired) electrons. The molecule has 4 aromatic rings. The first-order valence-electron chi connectivity index (χ1n) is 11.4. The monoisotopic (exact) mass is 487 g/mol. The molecule has 0 spiro atoms. The number of carbonyl (C=O) groups excluding carboxylic acids is 2. The molecule has 0 heterocycles. The highest BCUT2D eigenvalue weighted by Gasteiger charge is 2.27. The Labute approximate surface area is 209 Å². The number of nitrogens with one attached hydrogen (secondary N) is 1. The summed E-state index contributed by atoms with van der Waals surface area (Å²) in [5.41, 5.74) is 1.36. The molecule has 1 unspecified atom stereocenters. The molecule has 0 saturated heterocycles. The summed E-state index contributed by atoms with van der Waals surface area (Å²) in [6, 6.07) is 27.1. The Morgan fingerprint density at radius 3 is 2.29 bits per heavy atom. The Hall–Kier alpha value is -3.83. The Balaban J connectivity index is 1.76. The lowest BCUT2D eigenvalue weighted by Crippen LogP contribution is -2.33. The molecule has 0 aromatic heterocycles. The van der Waals surface area contributed by atoms with E-state index in [1.165, 1.54) is 0 Å². The number of esters is 1. The number of halogens is 1. The number of hydrogen-bond donors (Lipinski definition) is 1. The third-order valence-electron chi connectivity index (χ3n) is 5.57. The maximum absolute atomic E-state index is 12.9. The standard InChI is InChI=1S/C29H26ClNO4/c1-19(2)29(33)31-28(23-14-8-9-15-24(23)30)27-22-13-7-6-10-20(22)16-17-25(27)35-26(32)18-34-21-11-4-3-5-12-21/h3-17,19,28H,18H2,1-2H3,(H,31,33). The minimum atomic E-state index is -0.637. The Morgan fingerprint density at radius 1 is 0.857 bits per heavy atom. The highest BCUT2D eigenvalue weighted by Crippen LogP contribution is 2.39. The molecule has 1 amide bonds. The summed E-state index contributed by atoms with van der Waals surface area (Å²) in [7, 11) is 0. The number of rotatable bonds is 8. The van der Waals surface area contributed by atoms with E-state index in [1.807, 2.05) is 80.6 Å². The zero-order valence-corrected chi connectivity index (χ0v) is 20.3. The second-order valence-corrected chi connectivity index (χ2v) is 8.80. The molecule has 5 nitrogen and oxygen atoms in total. The van der Waals surface area contributed by atoms with Crippen LogP contribution in [0.25, 0.3) is 10.8 Å². The normalized spacial score (nSPS) is 11.8. The van der Waals surface area contributed by atoms with Gasteiger partial charge in [0, 0.05) is 16.5 Å². The fourth-order valence-electron chi connectivity index (χ4n) is 3.80. The first kappa shape index (κ1) is 24.3. The first-order valence-corrected chi connectivity index (χ1v) is 11.8.